The summed E-state index contributed by atoms with van der Waals surface area (Å²) in [5, 5.41) is 10.6. The molecule has 0 heterocycles. The number of phosphoric ester groups is 2. The zero-order valence-electron chi connectivity index (χ0n) is 58.4. The minimum absolute atomic E-state index is 0.105. The van der Waals surface area contributed by atoms with Crippen LogP contribution in [0.2, 0.25) is 0 Å². The Bertz CT molecular complexity index is 1750. The van der Waals surface area contributed by atoms with E-state index < -0.39 is 97.5 Å². The molecule has 0 aromatic heterocycles. The molecule has 0 saturated carbocycles. The standard InChI is InChI=1S/C71H138O17P2/c1-7-9-11-13-15-17-19-23-27-31-34-41-47-53-68(73)81-59-66(87-71(76)56-50-44-36-32-28-25-22-20-21-24-26-29-33-39-45-51-63(3)4)61-85-89(77,78)83-57-65(72)58-84-90(79,80)86-62-67(60-82-69(74)54-48-42-38-37-40-46-52-64(5)6)88-70(75)55-49-43-35-30-18-16-14-12-10-8-2/h63-67,72H,7-62H2,1-6H3,(H,77,78)(H,79,80)/t65-,66-,67-/m1/s1. The Morgan fingerprint density at radius 2 is 0.511 bits per heavy atom. The number of hydrogen-bond acceptors (Lipinski definition) is 15. The minimum atomic E-state index is -4.95. The normalized spacial score (nSPS) is 14.1. The van der Waals surface area contributed by atoms with E-state index in [0.717, 1.165) is 102 Å². The van der Waals surface area contributed by atoms with Crippen LogP contribution in [0, 0.1) is 11.8 Å². The first-order valence-corrected chi connectivity index (χ1v) is 40.0. The lowest BCUT2D eigenvalue weighted by molar-refractivity contribution is -0.161. The fourth-order valence-electron chi connectivity index (χ4n) is 10.8. The third-order valence-electron chi connectivity index (χ3n) is 16.5. The Kier molecular flexibility index (Phi) is 61.8. The average Bonchev–Trinajstić information content (AvgIpc) is 3.71. The highest BCUT2D eigenvalue weighted by atomic mass is 31.2. The summed E-state index contributed by atoms with van der Waals surface area (Å²) in [5.41, 5.74) is 0. The van der Waals surface area contributed by atoms with Gasteiger partial charge in [0.25, 0.3) is 0 Å². The van der Waals surface area contributed by atoms with E-state index in [1.54, 1.807) is 0 Å². The highest BCUT2D eigenvalue weighted by molar-refractivity contribution is 7.47. The van der Waals surface area contributed by atoms with Crippen LogP contribution in [0.4, 0.5) is 0 Å². The Morgan fingerprint density at radius 1 is 0.300 bits per heavy atom. The number of ether oxygens (including phenoxy) is 4. The third-order valence-corrected chi connectivity index (χ3v) is 18.4. The molecule has 534 valence electrons. The van der Waals surface area contributed by atoms with Crippen molar-refractivity contribution in [1.82, 2.24) is 0 Å². The molecule has 2 unspecified atom stereocenters. The highest BCUT2D eigenvalue weighted by Gasteiger charge is 2.30. The van der Waals surface area contributed by atoms with Gasteiger partial charge in [0.05, 0.1) is 26.4 Å². The van der Waals surface area contributed by atoms with Gasteiger partial charge < -0.3 is 33.8 Å². The number of esters is 4. The molecule has 0 rings (SSSR count). The molecule has 19 heteroatoms. The molecule has 0 saturated heterocycles. The second-order valence-electron chi connectivity index (χ2n) is 26.6. The van der Waals surface area contributed by atoms with Crippen molar-refractivity contribution < 1.29 is 80.2 Å². The number of carbonyl (C=O) groups is 4. The van der Waals surface area contributed by atoms with Crippen molar-refractivity contribution in [1.29, 1.82) is 0 Å². The van der Waals surface area contributed by atoms with Gasteiger partial charge in [0.15, 0.2) is 12.2 Å². The quantitative estimate of drug-likeness (QED) is 0.0222. The first-order chi connectivity index (χ1) is 43.4. The summed E-state index contributed by atoms with van der Waals surface area (Å²) in [6.45, 7) is 9.49. The van der Waals surface area contributed by atoms with E-state index >= 15 is 0 Å². The molecule has 3 N–H and O–H groups in total. The molecular formula is C71H138O17P2. The number of unbranched alkanes of at least 4 members (excludes halogenated alkanes) is 40. The number of carbonyl (C=O) groups excluding carboxylic acids is 4. The van der Waals surface area contributed by atoms with Gasteiger partial charge >= 0.3 is 39.5 Å². The summed E-state index contributed by atoms with van der Waals surface area (Å²) in [5.74, 6) is -0.641. The van der Waals surface area contributed by atoms with E-state index in [-0.39, 0.29) is 25.7 Å². The molecule has 0 bridgehead atoms. The van der Waals surface area contributed by atoms with Gasteiger partial charge in [0.2, 0.25) is 0 Å². The molecule has 90 heavy (non-hydrogen) atoms. The Labute approximate surface area is 549 Å². The van der Waals surface area contributed by atoms with Crippen LogP contribution >= 0.6 is 15.6 Å². The molecule has 0 amide bonds. The maximum Gasteiger partial charge on any atom is 0.472 e. The number of phosphoric acid groups is 2. The van der Waals surface area contributed by atoms with Crippen molar-refractivity contribution in [3.05, 3.63) is 0 Å². The van der Waals surface area contributed by atoms with Crippen molar-refractivity contribution in [2.24, 2.45) is 11.8 Å². The van der Waals surface area contributed by atoms with Crippen molar-refractivity contribution in [3.8, 4) is 0 Å². The SMILES string of the molecule is CCCCCCCCCCCCCCCC(=O)OC[C@H](COP(=O)(O)OC[C@@H](O)COP(=O)(O)OC[C@@H](COC(=O)CCCCCCCCC(C)C)OC(=O)CCCCCCCCCCCC)OC(=O)CCCCCCCCCCCCCCCCCC(C)C. The van der Waals surface area contributed by atoms with E-state index in [9.17, 15) is 43.2 Å². The molecular weight excluding hydrogens is 1190 g/mol. The van der Waals surface area contributed by atoms with Crippen LogP contribution in [0.15, 0.2) is 0 Å². The van der Waals surface area contributed by atoms with Gasteiger partial charge in [-0.1, -0.05) is 311 Å². The summed E-state index contributed by atoms with van der Waals surface area (Å²) >= 11 is 0. The first-order valence-electron chi connectivity index (χ1n) is 37.0. The smallest absolute Gasteiger partial charge is 0.462 e. The second kappa shape index (κ2) is 63.1. The number of aliphatic hydroxyl groups is 1. The maximum atomic E-state index is 13.0. The lowest BCUT2D eigenvalue weighted by atomic mass is 10.0. The summed E-state index contributed by atoms with van der Waals surface area (Å²) in [6.07, 6.45) is 48.7. The molecule has 0 aromatic rings. The average molecular weight is 1330 g/mol. The van der Waals surface area contributed by atoms with Gasteiger partial charge in [-0.2, -0.15) is 0 Å². The summed E-state index contributed by atoms with van der Waals surface area (Å²) < 4.78 is 68.3. The number of aliphatic hydroxyl groups excluding tert-OH is 1. The lowest BCUT2D eigenvalue weighted by Gasteiger charge is -2.21. The monoisotopic (exact) mass is 1320 g/mol. The van der Waals surface area contributed by atoms with E-state index in [1.165, 1.54) is 173 Å². The van der Waals surface area contributed by atoms with Crippen molar-refractivity contribution in [3.63, 3.8) is 0 Å². The largest absolute Gasteiger partial charge is 0.472 e. The van der Waals surface area contributed by atoms with Gasteiger partial charge in [-0.05, 0) is 37.5 Å². The Balaban J connectivity index is 5.21. The van der Waals surface area contributed by atoms with Crippen LogP contribution in [0.1, 0.15) is 363 Å². The molecule has 0 fully saturated rings. The molecule has 0 radical (unpaired) electrons. The fraction of sp³-hybridized carbons (Fsp3) is 0.944. The highest BCUT2D eigenvalue weighted by Crippen LogP contribution is 2.45. The van der Waals surface area contributed by atoms with Crippen LogP contribution in [0.25, 0.3) is 0 Å². The minimum Gasteiger partial charge on any atom is -0.462 e. The van der Waals surface area contributed by atoms with Crippen molar-refractivity contribution in [2.45, 2.75) is 381 Å². The van der Waals surface area contributed by atoms with Crippen molar-refractivity contribution in [2.75, 3.05) is 39.6 Å². The Morgan fingerprint density at radius 3 is 0.756 bits per heavy atom. The first kappa shape index (κ1) is 88.1. The summed E-state index contributed by atoms with van der Waals surface area (Å²) in [6, 6.07) is 0. The van der Waals surface area contributed by atoms with Crippen LogP contribution in [0.5, 0.6) is 0 Å². The predicted molar refractivity (Wildman–Crippen MR) is 363 cm³/mol. The van der Waals surface area contributed by atoms with E-state index in [0.29, 0.717) is 31.6 Å². The molecule has 0 aliphatic carbocycles. The van der Waals surface area contributed by atoms with Crippen LogP contribution in [-0.4, -0.2) is 96.7 Å². The van der Waals surface area contributed by atoms with Crippen LogP contribution in [0.3, 0.4) is 0 Å². The third kappa shape index (κ3) is 64.8. The summed E-state index contributed by atoms with van der Waals surface area (Å²) in [7, 11) is -9.90. The van der Waals surface area contributed by atoms with Crippen LogP contribution < -0.4 is 0 Å². The lowest BCUT2D eigenvalue weighted by Crippen LogP contribution is -2.30. The second-order valence-corrected chi connectivity index (χ2v) is 29.5. The van der Waals surface area contributed by atoms with E-state index in [1.807, 2.05) is 0 Å². The van der Waals surface area contributed by atoms with E-state index in [4.69, 9.17) is 37.0 Å². The van der Waals surface area contributed by atoms with Gasteiger partial charge in [-0.15, -0.1) is 0 Å². The van der Waals surface area contributed by atoms with Gasteiger partial charge in [0, 0.05) is 25.7 Å². The van der Waals surface area contributed by atoms with E-state index in [2.05, 4.69) is 41.5 Å². The van der Waals surface area contributed by atoms with Gasteiger partial charge in [-0.3, -0.25) is 37.3 Å². The number of hydrogen-bond donors (Lipinski definition) is 3. The zero-order valence-corrected chi connectivity index (χ0v) is 60.2. The van der Waals surface area contributed by atoms with Gasteiger partial charge in [0.1, 0.15) is 19.3 Å². The molecule has 0 aromatic carbocycles. The van der Waals surface area contributed by atoms with Crippen LogP contribution in [-0.2, 0) is 65.4 Å². The molecule has 17 nitrogen and oxygen atoms in total. The van der Waals surface area contributed by atoms with Crippen molar-refractivity contribution >= 4 is 39.5 Å². The molecule has 5 atom stereocenters. The molecule has 0 spiro atoms. The van der Waals surface area contributed by atoms with Gasteiger partial charge in [-0.25, -0.2) is 9.13 Å². The number of rotatable bonds is 70. The fourth-order valence-corrected chi connectivity index (χ4v) is 12.3. The molecule has 0 aliphatic heterocycles. The molecule has 0 aliphatic rings. The Hall–Kier alpha value is -1.94. The zero-order chi connectivity index (χ0) is 66.5. The maximum absolute atomic E-state index is 13.0. The summed E-state index contributed by atoms with van der Waals surface area (Å²) in [4.78, 5) is 72.5. The predicted octanol–water partition coefficient (Wildman–Crippen LogP) is 20.4. The topological polar surface area (TPSA) is 237 Å².